The van der Waals surface area contributed by atoms with E-state index in [0.717, 1.165) is 11.1 Å². The predicted octanol–water partition coefficient (Wildman–Crippen LogP) is 3.73. The quantitative estimate of drug-likeness (QED) is 0.775. The van der Waals surface area contributed by atoms with E-state index in [1.165, 1.54) is 7.11 Å². The Bertz CT molecular complexity index is 649. The normalized spacial score (nSPS) is 21.8. The second-order valence-corrected chi connectivity index (χ2v) is 5.99. The molecule has 0 saturated heterocycles. The Morgan fingerprint density at radius 1 is 1.35 bits per heavy atom. The van der Waals surface area contributed by atoms with Gasteiger partial charge in [-0.2, -0.15) is 0 Å². The minimum Gasteiger partial charge on any atom is -0.465 e. The fourth-order valence-electron chi connectivity index (χ4n) is 2.73. The van der Waals surface area contributed by atoms with Gasteiger partial charge in [-0.05, 0) is 42.0 Å². The molecule has 1 aromatic rings. The van der Waals surface area contributed by atoms with Crippen LogP contribution in [0.5, 0.6) is 0 Å². The number of nitrogens with zero attached hydrogens (tertiary/aromatic N) is 1. The number of carbonyl (C=O) groups excluding carboxylic acids is 1. The van der Waals surface area contributed by atoms with Crippen molar-refractivity contribution in [2.75, 3.05) is 20.2 Å². The molecule has 0 aromatic heterocycles. The van der Waals surface area contributed by atoms with Crippen molar-refractivity contribution in [1.82, 2.24) is 4.90 Å². The smallest absolute Gasteiger partial charge is 0.337 e. The number of esters is 1. The van der Waals surface area contributed by atoms with Crippen molar-refractivity contribution in [2.45, 2.75) is 18.8 Å². The first-order valence-electron chi connectivity index (χ1n) is 7.68. The first kappa shape index (κ1) is 15.7. The molecule has 0 bridgehead atoms. The highest BCUT2D eigenvalue weighted by molar-refractivity contribution is 5.90. The summed E-state index contributed by atoms with van der Waals surface area (Å²) in [6.45, 7) is 1.37. The third-order valence-electron chi connectivity index (χ3n) is 4.37. The molecule has 1 fully saturated rings. The zero-order chi connectivity index (χ0) is 16.4. The second-order valence-electron chi connectivity index (χ2n) is 5.99. The van der Waals surface area contributed by atoms with Gasteiger partial charge < -0.3 is 9.64 Å². The standard InChI is InChI=1S/C18H19F2NO2/c1-23-17(22)15-4-2-13(3-5-15)14-6-9-21(10-7-14)11-8-16-12-18(16,19)20/h2-7,9,16H,8,10-12H2,1H3. The first-order valence-corrected chi connectivity index (χ1v) is 7.68. The summed E-state index contributed by atoms with van der Waals surface area (Å²) in [7, 11) is 1.36. The van der Waals surface area contributed by atoms with Crippen molar-refractivity contribution in [1.29, 1.82) is 0 Å². The van der Waals surface area contributed by atoms with Gasteiger partial charge in [0.05, 0.1) is 12.7 Å². The van der Waals surface area contributed by atoms with Crippen molar-refractivity contribution < 1.29 is 18.3 Å². The number of rotatable bonds is 5. The zero-order valence-corrected chi connectivity index (χ0v) is 13.0. The Morgan fingerprint density at radius 2 is 2.04 bits per heavy atom. The lowest BCUT2D eigenvalue weighted by molar-refractivity contribution is 0.0600. The van der Waals surface area contributed by atoms with E-state index in [4.69, 9.17) is 0 Å². The second kappa shape index (κ2) is 6.14. The monoisotopic (exact) mass is 319 g/mol. The van der Waals surface area contributed by atoms with Crippen LogP contribution in [0.25, 0.3) is 5.57 Å². The van der Waals surface area contributed by atoms with Gasteiger partial charge in [-0.1, -0.05) is 18.2 Å². The maximum Gasteiger partial charge on any atom is 0.337 e. The summed E-state index contributed by atoms with van der Waals surface area (Å²) >= 11 is 0. The molecule has 0 radical (unpaired) electrons. The number of ether oxygens (including phenoxy) is 1. The molecule has 1 saturated carbocycles. The molecule has 0 spiro atoms. The summed E-state index contributed by atoms with van der Waals surface area (Å²) in [6, 6.07) is 7.22. The number of alkyl halides is 2. The van der Waals surface area contributed by atoms with Gasteiger partial charge in [0.1, 0.15) is 0 Å². The maximum absolute atomic E-state index is 12.9. The third kappa shape index (κ3) is 3.60. The van der Waals surface area contributed by atoms with Crippen LogP contribution < -0.4 is 0 Å². The topological polar surface area (TPSA) is 29.5 Å². The van der Waals surface area contributed by atoms with E-state index in [1.807, 2.05) is 29.3 Å². The van der Waals surface area contributed by atoms with Crippen LogP contribution in [-0.4, -0.2) is 37.0 Å². The van der Waals surface area contributed by atoms with E-state index < -0.39 is 11.8 Å². The van der Waals surface area contributed by atoms with Gasteiger partial charge >= 0.3 is 5.97 Å². The third-order valence-corrected chi connectivity index (χ3v) is 4.37. The first-order chi connectivity index (χ1) is 11.0. The lowest BCUT2D eigenvalue weighted by Crippen LogP contribution is -2.21. The molecule has 3 nitrogen and oxygen atoms in total. The fraction of sp³-hybridized carbons (Fsp3) is 0.389. The summed E-state index contributed by atoms with van der Waals surface area (Å²) in [5.74, 6) is -3.22. The molecule has 3 rings (SSSR count). The van der Waals surface area contributed by atoms with Crippen molar-refractivity contribution in [2.24, 2.45) is 5.92 Å². The Kier molecular flexibility index (Phi) is 4.20. The van der Waals surface area contributed by atoms with Gasteiger partial charge in [-0.3, -0.25) is 0 Å². The molecule has 1 aliphatic heterocycles. The number of hydrogen-bond acceptors (Lipinski definition) is 3. The lowest BCUT2D eigenvalue weighted by atomic mass is 10.0. The number of allylic oxidation sites excluding steroid dienone is 2. The minimum absolute atomic E-state index is 0.0399. The molecule has 1 unspecified atom stereocenters. The molecule has 1 aromatic carbocycles. The van der Waals surface area contributed by atoms with E-state index in [9.17, 15) is 13.6 Å². The highest BCUT2D eigenvalue weighted by Gasteiger charge is 2.56. The molecule has 1 atom stereocenters. The summed E-state index contributed by atoms with van der Waals surface area (Å²) < 4.78 is 30.4. The number of halogens is 2. The number of methoxy groups -OCH3 is 1. The molecule has 1 heterocycles. The summed E-state index contributed by atoms with van der Waals surface area (Å²) in [6.07, 6.45) is 6.57. The SMILES string of the molecule is COC(=O)c1ccc(C2=CCN(CCC3CC3(F)F)C=C2)cc1. The van der Waals surface area contributed by atoms with Gasteiger partial charge in [0.15, 0.2) is 0 Å². The average Bonchev–Trinajstić information content (AvgIpc) is 3.20. The van der Waals surface area contributed by atoms with Crippen molar-refractivity contribution in [3.63, 3.8) is 0 Å². The number of hydrogen-bond donors (Lipinski definition) is 0. The predicted molar refractivity (Wildman–Crippen MR) is 84.1 cm³/mol. The molecule has 0 N–H and O–H groups in total. The van der Waals surface area contributed by atoms with Crippen molar-refractivity contribution >= 4 is 11.5 Å². The van der Waals surface area contributed by atoms with Crippen LogP contribution >= 0.6 is 0 Å². The molecule has 2 aliphatic rings. The molecular weight excluding hydrogens is 300 g/mol. The van der Waals surface area contributed by atoms with E-state index in [0.29, 0.717) is 25.1 Å². The van der Waals surface area contributed by atoms with Gasteiger partial charge in [0.25, 0.3) is 5.92 Å². The van der Waals surface area contributed by atoms with Crippen molar-refractivity contribution in [3.8, 4) is 0 Å². The number of benzene rings is 1. The lowest BCUT2D eigenvalue weighted by Gasteiger charge is -2.22. The minimum atomic E-state index is -2.43. The zero-order valence-electron chi connectivity index (χ0n) is 13.0. The van der Waals surface area contributed by atoms with E-state index in [-0.39, 0.29) is 12.4 Å². The van der Waals surface area contributed by atoms with Crippen LogP contribution in [0.3, 0.4) is 0 Å². The Hall–Kier alpha value is -2.17. The average molecular weight is 319 g/mol. The summed E-state index contributed by atoms with van der Waals surface area (Å²) in [5, 5.41) is 0. The highest BCUT2D eigenvalue weighted by atomic mass is 19.3. The fourth-order valence-corrected chi connectivity index (χ4v) is 2.73. The van der Waals surface area contributed by atoms with Gasteiger partial charge in [-0.25, -0.2) is 13.6 Å². The van der Waals surface area contributed by atoms with E-state index in [1.54, 1.807) is 12.1 Å². The largest absolute Gasteiger partial charge is 0.465 e. The van der Waals surface area contributed by atoms with Crippen molar-refractivity contribution in [3.05, 3.63) is 53.7 Å². The number of carbonyl (C=O) groups is 1. The summed E-state index contributed by atoms with van der Waals surface area (Å²) in [5.41, 5.74) is 2.60. The van der Waals surface area contributed by atoms with Crippen LogP contribution in [0.4, 0.5) is 8.78 Å². The van der Waals surface area contributed by atoms with Gasteiger partial charge in [0, 0.05) is 25.4 Å². The van der Waals surface area contributed by atoms with Crippen LogP contribution in [0, 0.1) is 5.92 Å². The Labute approximate surface area is 134 Å². The van der Waals surface area contributed by atoms with E-state index in [2.05, 4.69) is 10.8 Å². The molecule has 122 valence electrons. The molecule has 5 heteroatoms. The Balaban J connectivity index is 1.54. The summed E-state index contributed by atoms with van der Waals surface area (Å²) in [4.78, 5) is 13.5. The molecule has 1 aliphatic carbocycles. The van der Waals surface area contributed by atoms with Crippen LogP contribution in [0.2, 0.25) is 0 Å². The van der Waals surface area contributed by atoms with Gasteiger partial charge in [-0.15, -0.1) is 0 Å². The van der Waals surface area contributed by atoms with Gasteiger partial charge in [0.2, 0.25) is 0 Å². The van der Waals surface area contributed by atoms with E-state index >= 15 is 0 Å². The van der Waals surface area contributed by atoms with Crippen LogP contribution in [-0.2, 0) is 4.74 Å². The molecular formula is C18H19F2NO2. The maximum atomic E-state index is 12.9. The molecule has 23 heavy (non-hydrogen) atoms. The van der Waals surface area contributed by atoms with Crippen LogP contribution in [0.1, 0.15) is 28.8 Å². The van der Waals surface area contributed by atoms with Crippen LogP contribution in [0.15, 0.2) is 42.6 Å². The molecule has 0 amide bonds. The Morgan fingerprint density at radius 3 is 2.57 bits per heavy atom. The highest BCUT2D eigenvalue weighted by Crippen LogP contribution is 2.50.